The fourth-order valence-corrected chi connectivity index (χ4v) is 2.51. The number of benzene rings is 1. The molecule has 6 nitrogen and oxygen atoms in total. The number of hydrogen-bond acceptors (Lipinski definition) is 6. The van der Waals surface area contributed by atoms with Crippen LogP contribution in [0.5, 0.6) is 0 Å². The number of rotatable bonds is 5. The molecular weight excluding hydrogens is 307 g/mol. The van der Waals surface area contributed by atoms with E-state index in [2.05, 4.69) is 20.3 Å². The highest BCUT2D eigenvalue weighted by Gasteiger charge is 2.12. The fraction of sp³-hybridized carbons (Fsp3) is 0.273. The number of nitrogens with zero attached hydrogens (tertiary/aromatic N) is 4. The van der Waals surface area contributed by atoms with Crippen LogP contribution in [0.25, 0.3) is 0 Å². The van der Waals surface area contributed by atoms with Crippen LogP contribution in [0.1, 0.15) is 5.56 Å². The molecular formula is C11H10ClFN4O2S. The first kappa shape index (κ1) is 14.7. The molecule has 0 N–H and O–H groups in total. The van der Waals surface area contributed by atoms with E-state index >= 15 is 0 Å². The van der Waals surface area contributed by atoms with E-state index < -0.39 is 5.97 Å². The molecule has 2 rings (SSSR count). The van der Waals surface area contributed by atoms with Gasteiger partial charge < -0.3 is 4.74 Å². The highest BCUT2D eigenvalue weighted by Crippen LogP contribution is 2.25. The summed E-state index contributed by atoms with van der Waals surface area (Å²) in [5.41, 5.74) is 0.629. The third kappa shape index (κ3) is 3.67. The van der Waals surface area contributed by atoms with Gasteiger partial charge in [0.15, 0.2) is 0 Å². The molecule has 0 atom stereocenters. The van der Waals surface area contributed by atoms with E-state index in [0.717, 1.165) is 0 Å². The van der Waals surface area contributed by atoms with Gasteiger partial charge >= 0.3 is 5.97 Å². The molecule has 0 amide bonds. The largest absolute Gasteiger partial charge is 0.468 e. The zero-order chi connectivity index (χ0) is 14.5. The molecule has 0 unspecified atom stereocenters. The lowest BCUT2D eigenvalue weighted by atomic mass is 10.2. The summed E-state index contributed by atoms with van der Waals surface area (Å²) in [7, 11) is 1.28. The molecule has 0 saturated carbocycles. The average molecular weight is 317 g/mol. The third-order valence-electron chi connectivity index (χ3n) is 2.37. The van der Waals surface area contributed by atoms with E-state index in [1.54, 1.807) is 0 Å². The molecule has 0 aliphatic carbocycles. The predicted molar refractivity (Wildman–Crippen MR) is 70.8 cm³/mol. The maximum Gasteiger partial charge on any atom is 0.327 e. The lowest BCUT2D eigenvalue weighted by Gasteiger charge is -2.05. The number of aromatic nitrogens is 4. The van der Waals surface area contributed by atoms with Gasteiger partial charge in [0.05, 0.1) is 7.11 Å². The van der Waals surface area contributed by atoms with Crippen molar-refractivity contribution in [1.82, 2.24) is 20.2 Å². The number of halogens is 2. The van der Waals surface area contributed by atoms with Gasteiger partial charge in [-0.1, -0.05) is 23.4 Å². The first-order valence-electron chi connectivity index (χ1n) is 5.50. The summed E-state index contributed by atoms with van der Waals surface area (Å²) in [5.74, 6) is -0.430. The minimum atomic E-state index is -0.456. The molecule has 1 heterocycles. The summed E-state index contributed by atoms with van der Waals surface area (Å²) in [6.45, 7) is -0.0806. The van der Waals surface area contributed by atoms with E-state index in [9.17, 15) is 9.18 Å². The number of thioether (sulfide) groups is 1. The number of ether oxygens (including phenoxy) is 1. The molecule has 0 saturated heterocycles. The van der Waals surface area contributed by atoms with Gasteiger partial charge in [-0.3, -0.25) is 4.79 Å². The minimum absolute atomic E-state index is 0.0806. The zero-order valence-electron chi connectivity index (χ0n) is 10.4. The van der Waals surface area contributed by atoms with E-state index in [0.29, 0.717) is 21.5 Å². The van der Waals surface area contributed by atoms with Gasteiger partial charge in [0.1, 0.15) is 12.4 Å². The van der Waals surface area contributed by atoms with Gasteiger partial charge in [-0.25, -0.2) is 9.07 Å². The van der Waals surface area contributed by atoms with Crippen molar-refractivity contribution in [2.45, 2.75) is 17.5 Å². The molecule has 2 aromatic rings. The summed E-state index contributed by atoms with van der Waals surface area (Å²) in [4.78, 5) is 11.2. The number of carbonyl (C=O) groups is 1. The molecule has 0 aliphatic rings. The molecule has 9 heteroatoms. The quantitative estimate of drug-likeness (QED) is 0.620. The Morgan fingerprint density at radius 3 is 3.10 bits per heavy atom. The number of esters is 1. The number of hydrogen-bond donors (Lipinski definition) is 0. The Bertz CT molecular complexity index is 622. The topological polar surface area (TPSA) is 69.9 Å². The SMILES string of the molecule is COC(=O)Cn1nnnc1SCc1cc(F)ccc1Cl. The summed E-state index contributed by atoms with van der Waals surface area (Å²) >= 11 is 7.22. The molecule has 0 aliphatic heterocycles. The Kier molecular flexibility index (Phi) is 4.91. The summed E-state index contributed by atoms with van der Waals surface area (Å²) in [6, 6.07) is 4.13. The second kappa shape index (κ2) is 6.67. The second-order valence-electron chi connectivity index (χ2n) is 3.72. The molecule has 0 spiro atoms. The van der Waals surface area contributed by atoms with Gasteiger partial charge in [-0.05, 0) is 34.2 Å². The van der Waals surface area contributed by atoms with Gasteiger partial charge in [-0.2, -0.15) is 0 Å². The lowest BCUT2D eigenvalue weighted by Crippen LogP contribution is -2.13. The molecule has 20 heavy (non-hydrogen) atoms. The van der Waals surface area contributed by atoms with Crippen molar-refractivity contribution in [3.8, 4) is 0 Å². The van der Waals surface area contributed by atoms with Crippen LogP contribution in [0.3, 0.4) is 0 Å². The van der Waals surface area contributed by atoms with Crippen LogP contribution in [0.4, 0.5) is 4.39 Å². The maximum atomic E-state index is 13.1. The highest BCUT2D eigenvalue weighted by atomic mass is 35.5. The van der Waals surface area contributed by atoms with Crippen molar-refractivity contribution < 1.29 is 13.9 Å². The maximum absolute atomic E-state index is 13.1. The van der Waals surface area contributed by atoms with Gasteiger partial charge in [0.2, 0.25) is 5.16 Å². The van der Waals surface area contributed by atoms with Crippen LogP contribution < -0.4 is 0 Å². The van der Waals surface area contributed by atoms with Crippen molar-refractivity contribution in [2.75, 3.05) is 7.11 Å². The number of carbonyl (C=O) groups excluding carboxylic acids is 1. The molecule has 1 aromatic carbocycles. The van der Waals surface area contributed by atoms with Crippen LogP contribution >= 0.6 is 23.4 Å². The smallest absolute Gasteiger partial charge is 0.327 e. The van der Waals surface area contributed by atoms with Crippen molar-refractivity contribution in [3.63, 3.8) is 0 Å². The summed E-state index contributed by atoms with van der Waals surface area (Å²) in [5, 5.41) is 11.9. The van der Waals surface area contributed by atoms with Crippen molar-refractivity contribution in [2.24, 2.45) is 0 Å². The first-order chi connectivity index (χ1) is 9.60. The molecule has 106 valence electrons. The first-order valence-corrected chi connectivity index (χ1v) is 6.86. The van der Waals surface area contributed by atoms with Crippen LogP contribution in [-0.4, -0.2) is 33.3 Å². The summed E-state index contributed by atoms with van der Waals surface area (Å²) in [6.07, 6.45) is 0. The van der Waals surface area contributed by atoms with Gasteiger partial charge in [0.25, 0.3) is 0 Å². The fourth-order valence-electron chi connectivity index (χ4n) is 1.38. The number of tetrazole rings is 1. The predicted octanol–water partition coefficient (Wildman–Crippen LogP) is 1.93. The Balaban J connectivity index is 2.06. The Labute approximate surface area is 123 Å². The molecule has 1 aromatic heterocycles. The zero-order valence-corrected chi connectivity index (χ0v) is 12.0. The van der Waals surface area contributed by atoms with Gasteiger partial charge in [-0.15, -0.1) is 5.10 Å². The Morgan fingerprint density at radius 1 is 1.55 bits per heavy atom. The monoisotopic (exact) mass is 316 g/mol. The van der Waals surface area contributed by atoms with Crippen LogP contribution in [0.15, 0.2) is 23.4 Å². The second-order valence-corrected chi connectivity index (χ2v) is 5.07. The molecule has 0 bridgehead atoms. The Morgan fingerprint density at radius 2 is 2.35 bits per heavy atom. The van der Waals surface area contributed by atoms with Gasteiger partial charge in [0, 0.05) is 10.8 Å². The lowest BCUT2D eigenvalue weighted by molar-refractivity contribution is -0.141. The van der Waals surface area contributed by atoms with Crippen LogP contribution in [0, 0.1) is 5.82 Å². The van der Waals surface area contributed by atoms with Crippen molar-refractivity contribution >= 4 is 29.3 Å². The van der Waals surface area contributed by atoms with E-state index in [4.69, 9.17) is 11.6 Å². The van der Waals surface area contributed by atoms with E-state index in [-0.39, 0.29) is 12.4 Å². The molecule has 0 radical (unpaired) electrons. The van der Waals surface area contributed by atoms with Crippen LogP contribution in [0.2, 0.25) is 5.02 Å². The normalized spacial score (nSPS) is 10.6. The summed E-state index contributed by atoms with van der Waals surface area (Å²) < 4.78 is 19.0. The van der Waals surface area contributed by atoms with E-state index in [1.807, 2.05) is 0 Å². The van der Waals surface area contributed by atoms with Crippen molar-refractivity contribution in [3.05, 3.63) is 34.6 Å². The average Bonchev–Trinajstić information content (AvgIpc) is 2.87. The minimum Gasteiger partial charge on any atom is -0.468 e. The van der Waals surface area contributed by atoms with Crippen LogP contribution in [-0.2, 0) is 21.8 Å². The standard InChI is InChI=1S/C11H10ClFN4O2S/c1-19-10(18)5-17-11(14-15-16-17)20-6-7-4-8(13)2-3-9(7)12/h2-4H,5-6H2,1H3. The Hall–Kier alpha value is -1.67. The van der Waals surface area contributed by atoms with E-state index in [1.165, 1.54) is 41.8 Å². The number of methoxy groups -OCH3 is 1. The highest BCUT2D eigenvalue weighted by molar-refractivity contribution is 7.98. The third-order valence-corrected chi connectivity index (χ3v) is 3.74. The van der Waals surface area contributed by atoms with Crippen molar-refractivity contribution in [1.29, 1.82) is 0 Å². The molecule has 0 fully saturated rings.